The average Bonchev–Trinajstić information content (AvgIpc) is 3.65. The zero-order valence-electron chi connectivity index (χ0n) is 32.5. The minimum absolute atomic E-state index is 0.000798. The molecule has 3 aromatic rings. The average molecular weight is 801 g/mol. The van der Waals surface area contributed by atoms with E-state index in [0.717, 1.165) is 47.8 Å². The fourth-order valence-corrected chi connectivity index (χ4v) is 7.39. The number of aliphatic hydroxyl groups excluding tert-OH is 1. The number of likely N-dealkylation sites (tertiary alicyclic amines) is 1. The molecule has 5 atom stereocenters. The van der Waals surface area contributed by atoms with Crippen LogP contribution in [0.5, 0.6) is 0 Å². The molecule has 1 aliphatic carbocycles. The van der Waals surface area contributed by atoms with Crippen LogP contribution in [0.15, 0.2) is 77.9 Å². The number of unbranched alkanes of at least 4 members (excludes halogenated alkanes) is 1. The highest BCUT2D eigenvalue weighted by Crippen LogP contribution is 2.30. The van der Waals surface area contributed by atoms with Gasteiger partial charge in [-0.25, -0.2) is 9.59 Å². The Labute approximate surface area is 336 Å². The Morgan fingerprint density at radius 2 is 1.59 bits per heavy atom. The lowest BCUT2D eigenvalue weighted by atomic mass is 9.84. The molecule has 17 heteroatoms. The molecule has 0 aromatic heterocycles. The van der Waals surface area contributed by atoms with E-state index in [4.69, 9.17) is 21.5 Å². The summed E-state index contributed by atoms with van der Waals surface area (Å²) in [6.07, 6.45) is 3.37. The number of rotatable bonds is 16. The van der Waals surface area contributed by atoms with Crippen molar-refractivity contribution < 1.29 is 44.1 Å². The summed E-state index contributed by atoms with van der Waals surface area (Å²) in [5, 5.41) is 39.2. The van der Waals surface area contributed by atoms with Crippen LogP contribution >= 0.6 is 0 Å². The van der Waals surface area contributed by atoms with E-state index in [9.17, 15) is 33.9 Å². The van der Waals surface area contributed by atoms with Gasteiger partial charge in [-0.1, -0.05) is 85.7 Å². The molecule has 1 saturated heterocycles. The smallest absolute Gasteiger partial charge is 0.407 e. The van der Waals surface area contributed by atoms with Crippen molar-refractivity contribution in [3.8, 4) is 0 Å². The number of hydrogen-bond donors (Lipinski definition) is 6. The van der Waals surface area contributed by atoms with Gasteiger partial charge in [-0.3, -0.25) is 19.2 Å². The summed E-state index contributed by atoms with van der Waals surface area (Å²) >= 11 is 0. The fourth-order valence-electron chi connectivity index (χ4n) is 7.39. The molecular formula is C41H52N8O9. The zero-order chi connectivity index (χ0) is 42.2. The lowest BCUT2D eigenvalue weighted by Crippen LogP contribution is -2.57. The third-order valence-corrected chi connectivity index (χ3v) is 10.6. The number of nitrogens with two attached hydrogens (primary N) is 1. The molecule has 5 rings (SSSR count). The number of nitrogens with zero attached hydrogens (tertiary/aromatic N) is 5. The molecular weight excluding hydrogens is 748 g/mol. The third-order valence-electron chi connectivity index (χ3n) is 10.6. The minimum Gasteiger partial charge on any atom is -0.478 e. The van der Waals surface area contributed by atoms with E-state index in [1.165, 1.54) is 11.9 Å². The van der Waals surface area contributed by atoms with Crippen LogP contribution in [0.25, 0.3) is 21.2 Å². The summed E-state index contributed by atoms with van der Waals surface area (Å²) in [7, 11) is 1.41. The SMILES string of the molecule is CN(CCCCC(NC(=O)[C@@H]1C[C@@H](N=[N+]=[N-])CN1C(=O)[C@@H](CC1CCCCC1)NC(=O)c1ccc2ccccc2c1)C(O)C(N)=O)C(=O)O.O=C(O)c1ccccc1. The highest BCUT2D eigenvalue weighted by Gasteiger charge is 2.43. The van der Waals surface area contributed by atoms with Crippen LogP contribution in [-0.2, 0) is 14.4 Å². The molecule has 1 aliphatic heterocycles. The predicted octanol–water partition coefficient (Wildman–Crippen LogP) is 4.68. The molecule has 1 saturated carbocycles. The van der Waals surface area contributed by atoms with Gasteiger partial charge in [0.05, 0.1) is 17.6 Å². The number of carboxylic acid groups (broad SMARTS) is 2. The summed E-state index contributed by atoms with van der Waals surface area (Å²) in [6.45, 7) is 0.146. The number of aromatic carboxylic acids is 1. The van der Waals surface area contributed by atoms with Crippen LogP contribution in [0.1, 0.15) is 84.9 Å². The summed E-state index contributed by atoms with van der Waals surface area (Å²) in [6, 6.07) is 17.3. The first-order valence-corrected chi connectivity index (χ1v) is 19.4. The number of carbonyl (C=O) groups is 6. The molecule has 0 spiro atoms. The van der Waals surface area contributed by atoms with Crippen molar-refractivity contribution in [2.24, 2.45) is 16.8 Å². The van der Waals surface area contributed by atoms with Crippen molar-refractivity contribution >= 4 is 46.5 Å². The van der Waals surface area contributed by atoms with Gasteiger partial charge in [-0.15, -0.1) is 0 Å². The molecule has 0 bridgehead atoms. The van der Waals surface area contributed by atoms with E-state index >= 15 is 0 Å². The summed E-state index contributed by atoms with van der Waals surface area (Å²) in [5.74, 6) is -3.32. The van der Waals surface area contributed by atoms with Gasteiger partial charge in [-0.05, 0) is 78.6 Å². The standard InChI is InChI=1S/C34H46N8O7.C7H6O2/c1-41(34(48)49)16-8-7-13-26(29(43)30(35)44)37-32(46)28-19-25(39-40-36)20-42(28)33(47)27(17-21-9-3-2-4-10-21)38-31(45)24-15-14-22-11-5-6-12-23(22)18-24;8-7(9)6-4-2-1-3-5-6/h5-6,11-12,14-15,18,21,25-29,43H,2-4,7-10,13,16-17,19-20H2,1H3,(H2,35,44)(H,37,46)(H,38,45)(H,48,49);1-5H,(H,8,9)/t25-,26?,27-,28+,29?;/m1./s1. The van der Waals surface area contributed by atoms with E-state index in [0.29, 0.717) is 30.4 Å². The Hall–Kier alpha value is -6.19. The normalized spacial score (nSPS) is 18.0. The maximum absolute atomic E-state index is 14.3. The first kappa shape index (κ1) is 44.5. The second-order valence-electron chi connectivity index (χ2n) is 14.8. The van der Waals surface area contributed by atoms with Gasteiger partial charge in [0, 0.05) is 30.6 Å². The first-order valence-electron chi connectivity index (χ1n) is 19.4. The van der Waals surface area contributed by atoms with Gasteiger partial charge >= 0.3 is 12.1 Å². The number of carboxylic acids is 1. The third kappa shape index (κ3) is 12.9. The molecule has 17 nitrogen and oxygen atoms in total. The van der Waals surface area contributed by atoms with Crippen LogP contribution < -0.4 is 16.4 Å². The number of aliphatic hydroxyl groups is 1. The highest BCUT2D eigenvalue weighted by atomic mass is 16.4. The quantitative estimate of drug-likeness (QED) is 0.0507. The van der Waals surface area contributed by atoms with Gasteiger partial charge in [-0.2, -0.15) is 0 Å². The molecule has 2 fully saturated rings. The first-order chi connectivity index (χ1) is 27.8. The van der Waals surface area contributed by atoms with Gasteiger partial charge in [0.25, 0.3) is 5.91 Å². The van der Waals surface area contributed by atoms with Crippen LogP contribution in [0.3, 0.4) is 0 Å². The van der Waals surface area contributed by atoms with Crippen molar-refractivity contribution in [1.29, 1.82) is 0 Å². The van der Waals surface area contributed by atoms with Crippen LogP contribution in [-0.4, -0.2) is 111 Å². The number of hydrogen-bond acceptors (Lipinski definition) is 8. The van der Waals surface area contributed by atoms with Gasteiger partial charge in [0.2, 0.25) is 17.7 Å². The number of nitrogens with one attached hydrogen (secondary N) is 2. The topological polar surface area (TPSA) is 268 Å². The van der Waals surface area contributed by atoms with Crippen LogP contribution in [0, 0.1) is 5.92 Å². The highest BCUT2D eigenvalue weighted by molar-refractivity contribution is 6.01. The minimum atomic E-state index is -1.74. The second kappa shape index (κ2) is 21.9. The number of amides is 5. The Balaban J connectivity index is 0.000000727. The van der Waals surface area contributed by atoms with Gasteiger partial charge in [0.15, 0.2) is 6.10 Å². The van der Waals surface area contributed by atoms with E-state index in [1.54, 1.807) is 42.5 Å². The number of primary amides is 1. The molecule has 3 aromatic carbocycles. The Kier molecular flexibility index (Phi) is 16.8. The lowest BCUT2D eigenvalue weighted by Gasteiger charge is -2.32. The second-order valence-corrected chi connectivity index (χ2v) is 14.8. The van der Waals surface area contributed by atoms with Crippen molar-refractivity contribution in [2.75, 3.05) is 20.1 Å². The molecule has 1 heterocycles. The zero-order valence-corrected chi connectivity index (χ0v) is 32.5. The fraction of sp³-hybridized carbons (Fsp3) is 0.463. The van der Waals surface area contributed by atoms with E-state index in [2.05, 4.69) is 20.7 Å². The molecule has 310 valence electrons. The van der Waals surface area contributed by atoms with E-state index < -0.39 is 66.0 Å². The van der Waals surface area contributed by atoms with Crippen molar-refractivity contribution in [3.05, 3.63) is 94.4 Å². The van der Waals surface area contributed by atoms with Gasteiger partial charge in [0.1, 0.15) is 12.1 Å². The maximum Gasteiger partial charge on any atom is 0.407 e. The largest absolute Gasteiger partial charge is 0.478 e. The van der Waals surface area contributed by atoms with Crippen molar-refractivity contribution in [2.45, 2.75) is 94.5 Å². The predicted molar refractivity (Wildman–Crippen MR) is 214 cm³/mol. The van der Waals surface area contributed by atoms with Crippen LogP contribution in [0.2, 0.25) is 0 Å². The molecule has 2 aliphatic rings. The number of carbonyl (C=O) groups excluding carboxylic acids is 4. The van der Waals surface area contributed by atoms with E-state index in [-0.39, 0.29) is 31.8 Å². The number of fused-ring (bicyclic) bond motifs is 1. The lowest BCUT2D eigenvalue weighted by molar-refractivity contribution is -0.141. The monoisotopic (exact) mass is 800 g/mol. The molecule has 7 N–H and O–H groups in total. The van der Waals surface area contributed by atoms with Crippen molar-refractivity contribution in [3.63, 3.8) is 0 Å². The maximum atomic E-state index is 14.3. The van der Waals surface area contributed by atoms with E-state index in [1.807, 2.05) is 30.3 Å². The molecule has 2 unspecified atom stereocenters. The number of azide groups is 1. The molecule has 5 amide bonds. The molecule has 0 radical (unpaired) electrons. The summed E-state index contributed by atoms with van der Waals surface area (Å²) < 4.78 is 0. The Morgan fingerprint density at radius 3 is 2.21 bits per heavy atom. The Bertz CT molecular complexity index is 1950. The van der Waals surface area contributed by atoms with Crippen molar-refractivity contribution in [1.82, 2.24) is 20.4 Å². The summed E-state index contributed by atoms with van der Waals surface area (Å²) in [4.78, 5) is 80.2. The number of benzene rings is 3. The summed E-state index contributed by atoms with van der Waals surface area (Å²) in [5.41, 5.74) is 15.3. The van der Waals surface area contributed by atoms with Gasteiger partial charge < -0.3 is 41.5 Å². The van der Waals surface area contributed by atoms with Crippen LogP contribution in [0.4, 0.5) is 4.79 Å². The Morgan fingerprint density at radius 1 is 0.914 bits per heavy atom. The molecule has 58 heavy (non-hydrogen) atoms.